The van der Waals surface area contributed by atoms with E-state index in [-0.39, 0.29) is 6.10 Å². The number of rotatable bonds is 7. The van der Waals surface area contributed by atoms with E-state index in [2.05, 4.69) is 47.0 Å². The minimum Gasteiger partial charge on any atom is -0.487 e. The molecule has 0 fully saturated rings. The molecule has 0 saturated carbocycles. The van der Waals surface area contributed by atoms with Crippen LogP contribution in [0.25, 0.3) is 0 Å². The van der Waals surface area contributed by atoms with Crippen LogP contribution in [0.2, 0.25) is 0 Å². The summed E-state index contributed by atoms with van der Waals surface area (Å²) in [6.07, 6.45) is 4.83. The monoisotopic (exact) mass is 300 g/mol. The van der Waals surface area contributed by atoms with Gasteiger partial charge in [0.2, 0.25) is 0 Å². The summed E-state index contributed by atoms with van der Waals surface area (Å²) in [5.74, 6) is 1.29. The standard InChI is InChI=1S/C13H21BrN2O/c1-4-5-15-9-13(10(2)3)17-12-6-11(14)7-16-8-12/h6-8,10,13,15H,4-5,9H2,1-3H3. The van der Waals surface area contributed by atoms with E-state index in [0.717, 1.165) is 29.7 Å². The number of nitrogens with one attached hydrogen (secondary N) is 1. The second-order valence-corrected chi connectivity index (χ2v) is 5.36. The van der Waals surface area contributed by atoms with Gasteiger partial charge in [0.15, 0.2) is 0 Å². The lowest BCUT2D eigenvalue weighted by Crippen LogP contribution is -2.35. The Morgan fingerprint density at radius 2 is 2.18 bits per heavy atom. The summed E-state index contributed by atoms with van der Waals surface area (Å²) in [4.78, 5) is 4.10. The SMILES string of the molecule is CCCNCC(Oc1cncc(Br)c1)C(C)C. The van der Waals surface area contributed by atoms with Gasteiger partial charge in [-0.2, -0.15) is 0 Å². The van der Waals surface area contributed by atoms with Crippen molar-refractivity contribution in [1.29, 1.82) is 0 Å². The molecule has 3 nitrogen and oxygen atoms in total. The van der Waals surface area contributed by atoms with Crippen molar-refractivity contribution < 1.29 is 4.74 Å². The van der Waals surface area contributed by atoms with Crippen LogP contribution in [0.1, 0.15) is 27.2 Å². The highest BCUT2D eigenvalue weighted by molar-refractivity contribution is 9.10. The molecule has 1 atom stereocenters. The van der Waals surface area contributed by atoms with Crippen molar-refractivity contribution in [2.45, 2.75) is 33.3 Å². The molecule has 4 heteroatoms. The summed E-state index contributed by atoms with van der Waals surface area (Å²) in [5, 5.41) is 3.39. The normalized spacial score (nSPS) is 12.8. The van der Waals surface area contributed by atoms with Crippen LogP contribution < -0.4 is 10.1 Å². The number of pyridine rings is 1. The third-order valence-electron chi connectivity index (χ3n) is 2.48. The summed E-state index contributed by atoms with van der Waals surface area (Å²) in [5.41, 5.74) is 0. The fraction of sp³-hybridized carbons (Fsp3) is 0.615. The van der Waals surface area contributed by atoms with E-state index in [4.69, 9.17) is 4.74 Å². The van der Waals surface area contributed by atoms with Gasteiger partial charge in [0, 0.05) is 17.2 Å². The molecule has 0 spiro atoms. The Kier molecular flexibility index (Phi) is 6.52. The Bertz CT molecular complexity index is 331. The van der Waals surface area contributed by atoms with Crippen LogP contribution >= 0.6 is 15.9 Å². The molecule has 17 heavy (non-hydrogen) atoms. The fourth-order valence-electron chi connectivity index (χ4n) is 1.47. The number of hydrogen-bond acceptors (Lipinski definition) is 3. The maximum absolute atomic E-state index is 5.95. The second-order valence-electron chi connectivity index (χ2n) is 4.44. The van der Waals surface area contributed by atoms with Crippen molar-refractivity contribution in [2.75, 3.05) is 13.1 Å². The van der Waals surface area contributed by atoms with Gasteiger partial charge in [0.25, 0.3) is 0 Å². The van der Waals surface area contributed by atoms with Crippen LogP contribution in [0.15, 0.2) is 22.9 Å². The predicted octanol–water partition coefficient (Wildman–Crippen LogP) is 3.25. The van der Waals surface area contributed by atoms with E-state index in [1.807, 2.05) is 6.07 Å². The van der Waals surface area contributed by atoms with Crippen LogP contribution in [0.5, 0.6) is 5.75 Å². The second kappa shape index (κ2) is 7.67. The fourth-order valence-corrected chi connectivity index (χ4v) is 1.81. The Hall–Kier alpha value is -0.610. The molecule has 96 valence electrons. The topological polar surface area (TPSA) is 34.1 Å². The van der Waals surface area contributed by atoms with Gasteiger partial charge >= 0.3 is 0 Å². The minimum atomic E-state index is 0.178. The highest BCUT2D eigenvalue weighted by Gasteiger charge is 2.14. The molecule has 1 aromatic heterocycles. The van der Waals surface area contributed by atoms with Crippen LogP contribution in [-0.2, 0) is 0 Å². The molecule has 0 radical (unpaired) electrons. The van der Waals surface area contributed by atoms with Gasteiger partial charge in [-0.25, -0.2) is 0 Å². The smallest absolute Gasteiger partial charge is 0.139 e. The third-order valence-corrected chi connectivity index (χ3v) is 2.92. The molecular weight excluding hydrogens is 280 g/mol. The molecule has 1 heterocycles. The maximum Gasteiger partial charge on any atom is 0.139 e. The Morgan fingerprint density at radius 3 is 2.76 bits per heavy atom. The summed E-state index contributed by atoms with van der Waals surface area (Å²) in [7, 11) is 0. The van der Waals surface area contributed by atoms with Gasteiger partial charge in [-0.1, -0.05) is 20.8 Å². The highest BCUT2D eigenvalue weighted by Crippen LogP contribution is 2.19. The van der Waals surface area contributed by atoms with Crippen molar-refractivity contribution in [3.05, 3.63) is 22.9 Å². The molecule has 0 amide bonds. The maximum atomic E-state index is 5.95. The average Bonchev–Trinajstić information content (AvgIpc) is 2.28. The van der Waals surface area contributed by atoms with E-state index < -0.39 is 0 Å². The predicted molar refractivity (Wildman–Crippen MR) is 74.4 cm³/mol. The Morgan fingerprint density at radius 1 is 1.41 bits per heavy atom. The van der Waals surface area contributed by atoms with E-state index in [9.17, 15) is 0 Å². The highest BCUT2D eigenvalue weighted by atomic mass is 79.9. The van der Waals surface area contributed by atoms with E-state index in [1.165, 1.54) is 0 Å². The van der Waals surface area contributed by atoms with E-state index >= 15 is 0 Å². The molecule has 1 unspecified atom stereocenters. The number of ether oxygens (including phenoxy) is 1. The van der Waals surface area contributed by atoms with Gasteiger partial charge in [0.1, 0.15) is 11.9 Å². The molecule has 0 aromatic carbocycles. The lowest BCUT2D eigenvalue weighted by atomic mass is 10.1. The molecule has 1 N–H and O–H groups in total. The molecule has 0 aliphatic carbocycles. The van der Waals surface area contributed by atoms with Gasteiger partial charge < -0.3 is 10.1 Å². The molecular formula is C13H21BrN2O. The zero-order chi connectivity index (χ0) is 12.7. The van der Waals surface area contributed by atoms with Crippen LogP contribution in [0, 0.1) is 5.92 Å². The number of hydrogen-bond donors (Lipinski definition) is 1. The van der Waals surface area contributed by atoms with Crippen LogP contribution in [-0.4, -0.2) is 24.2 Å². The van der Waals surface area contributed by atoms with Gasteiger partial charge in [-0.3, -0.25) is 4.98 Å². The Labute approximate surface area is 112 Å². The van der Waals surface area contributed by atoms with Crippen molar-refractivity contribution in [2.24, 2.45) is 5.92 Å². The third kappa shape index (κ3) is 5.50. The first-order chi connectivity index (χ1) is 8.13. The first-order valence-corrected chi connectivity index (χ1v) is 6.90. The zero-order valence-electron chi connectivity index (χ0n) is 10.7. The van der Waals surface area contributed by atoms with Crippen molar-refractivity contribution in [3.63, 3.8) is 0 Å². The molecule has 0 aliphatic heterocycles. The first kappa shape index (κ1) is 14.5. The van der Waals surface area contributed by atoms with Crippen LogP contribution in [0.3, 0.4) is 0 Å². The van der Waals surface area contributed by atoms with Gasteiger partial charge in [0.05, 0.1) is 6.20 Å². The first-order valence-electron chi connectivity index (χ1n) is 6.11. The molecule has 1 aromatic rings. The number of aromatic nitrogens is 1. The number of halogens is 1. The molecule has 0 bridgehead atoms. The largest absolute Gasteiger partial charge is 0.487 e. The summed E-state index contributed by atoms with van der Waals surface area (Å²) < 4.78 is 6.89. The van der Waals surface area contributed by atoms with E-state index in [1.54, 1.807) is 12.4 Å². The van der Waals surface area contributed by atoms with Crippen molar-refractivity contribution in [1.82, 2.24) is 10.3 Å². The zero-order valence-corrected chi connectivity index (χ0v) is 12.3. The Balaban J connectivity index is 2.54. The lowest BCUT2D eigenvalue weighted by molar-refractivity contribution is 0.148. The van der Waals surface area contributed by atoms with Gasteiger partial charge in [-0.15, -0.1) is 0 Å². The quantitative estimate of drug-likeness (QED) is 0.785. The average molecular weight is 301 g/mol. The number of nitrogens with zero attached hydrogens (tertiary/aromatic N) is 1. The van der Waals surface area contributed by atoms with E-state index in [0.29, 0.717) is 5.92 Å². The summed E-state index contributed by atoms with van der Waals surface area (Å²) >= 11 is 3.39. The van der Waals surface area contributed by atoms with Crippen LogP contribution in [0.4, 0.5) is 0 Å². The lowest BCUT2D eigenvalue weighted by Gasteiger charge is -2.23. The van der Waals surface area contributed by atoms with Gasteiger partial charge in [-0.05, 0) is 40.9 Å². The summed E-state index contributed by atoms with van der Waals surface area (Å²) in [6, 6.07) is 1.95. The molecule has 0 saturated heterocycles. The summed E-state index contributed by atoms with van der Waals surface area (Å²) in [6.45, 7) is 8.41. The molecule has 1 rings (SSSR count). The minimum absolute atomic E-state index is 0.178. The van der Waals surface area contributed by atoms with Crippen molar-refractivity contribution in [3.8, 4) is 5.75 Å². The molecule has 0 aliphatic rings. The van der Waals surface area contributed by atoms with Crippen molar-refractivity contribution >= 4 is 15.9 Å².